The van der Waals surface area contributed by atoms with Crippen molar-refractivity contribution in [2.24, 2.45) is 0 Å². The van der Waals surface area contributed by atoms with E-state index >= 15 is 0 Å². The van der Waals surface area contributed by atoms with E-state index in [1.807, 2.05) is 18.2 Å². The average molecular weight is 236 g/mol. The summed E-state index contributed by atoms with van der Waals surface area (Å²) in [6, 6.07) is 0. The Labute approximate surface area is 93.6 Å². The SMILES string of the molecule is COCC1=CC=C1.[C-]#[O+].[C-]#[O+].[C-]#[O+].[Fe]. The van der Waals surface area contributed by atoms with Crippen LogP contribution in [0.1, 0.15) is 0 Å². The van der Waals surface area contributed by atoms with Crippen LogP contribution in [0.4, 0.5) is 0 Å². The molecule has 0 fully saturated rings. The van der Waals surface area contributed by atoms with Gasteiger partial charge in [0.1, 0.15) is 0 Å². The van der Waals surface area contributed by atoms with Gasteiger partial charge >= 0.3 is 33.9 Å². The largest absolute Gasteiger partial charge is 0 e. The first-order chi connectivity index (χ1) is 6.43. The van der Waals surface area contributed by atoms with Gasteiger partial charge in [-0.25, -0.2) is 0 Å². The first-order valence-corrected chi connectivity index (χ1v) is 2.91. The van der Waals surface area contributed by atoms with E-state index < -0.39 is 0 Å². The van der Waals surface area contributed by atoms with Gasteiger partial charge in [0.2, 0.25) is 0 Å². The van der Waals surface area contributed by atoms with Gasteiger partial charge < -0.3 is 4.74 Å². The van der Waals surface area contributed by atoms with Crippen LogP contribution in [0, 0.1) is 20.0 Å². The van der Waals surface area contributed by atoms with Crippen molar-refractivity contribution in [2.75, 3.05) is 13.7 Å². The first-order valence-electron chi connectivity index (χ1n) is 2.91. The van der Waals surface area contributed by atoms with E-state index in [0.29, 0.717) is 0 Å². The van der Waals surface area contributed by atoms with Gasteiger partial charge in [0, 0.05) is 24.2 Å². The minimum absolute atomic E-state index is 0. The van der Waals surface area contributed by atoms with Crippen molar-refractivity contribution in [3.05, 3.63) is 43.8 Å². The van der Waals surface area contributed by atoms with Gasteiger partial charge in [-0.15, -0.1) is 0 Å². The smallest absolute Gasteiger partial charge is 0 e. The van der Waals surface area contributed by atoms with Crippen molar-refractivity contribution in [3.8, 4) is 0 Å². The van der Waals surface area contributed by atoms with Gasteiger partial charge in [-0.1, -0.05) is 18.2 Å². The number of rotatable bonds is 2. The monoisotopic (exact) mass is 236 g/mol. The Bertz CT molecular complexity index is 198. The zero-order valence-corrected chi connectivity index (χ0v) is 8.53. The van der Waals surface area contributed by atoms with E-state index in [4.69, 9.17) is 18.7 Å². The fourth-order valence-electron chi connectivity index (χ4n) is 0.495. The molecule has 76 valence electrons. The summed E-state index contributed by atoms with van der Waals surface area (Å²) in [6.45, 7) is 14.3. The molecule has 0 unspecified atom stereocenters. The Morgan fingerprint density at radius 1 is 1.14 bits per heavy atom. The molecule has 0 N–H and O–H groups in total. The number of hydrogen-bond acceptors (Lipinski definition) is 1. The molecular formula is C9H8FeO4. The fraction of sp³-hybridized carbons (Fsp3) is 0.222. The molecule has 1 aliphatic rings. The van der Waals surface area contributed by atoms with E-state index in [1.165, 1.54) is 5.57 Å². The molecule has 0 aromatic rings. The Morgan fingerprint density at radius 2 is 1.50 bits per heavy atom. The molecule has 0 saturated carbocycles. The molecule has 4 nitrogen and oxygen atoms in total. The van der Waals surface area contributed by atoms with Crippen LogP contribution in [0.25, 0.3) is 0 Å². The summed E-state index contributed by atoms with van der Waals surface area (Å²) in [4.78, 5) is 0. The van der Waals surface area contributed by atoms with Crippen LogP contribution in [-0.2, 0) is 35.8 Å². The Kier molecular flexibility index (Phi) is 48.9. The summed E-state index contributed by atoms with van der Waals surface area (Å²) in [7, 11) is 1.70. The molecule has 0 aromatic carbocycles. The zero-order chi connectivity index (χ0) is 11.1. The summed E-state index contributed by atoms with van der Waals surface area (Å²) in [5, 5.41) is 0. The molecule has 0 saturated heterocycles. The van der Waals surface area contributed by atoms with Gasteiger partial charge in [0.15, 0.2) is 0 Å². The molecule has 0 heterocycles. The molecule has 1 rings (SSSR count). The topological polar surface area (TPSA) is 68.9 Å². The summed E-state index contributed by atoms with van der Waals surface area (Å²) in [5.74, 6) is 0. The number of hydrogen-bond donors (Lipinski definition) is 0. The Balaban J connectivity index is -0.0000000625. The summed E-state index contributed by atoms with van der Waals surface area (Å²) >= 11 is 0. The molecule has 0 bridgehead atoms. The predicted octanol–water partition coefficient (Wildman–Crippen LogP) is 1.01. The van der Waals surface area contributed by atoms with Gasteiger partial charge in [-0.3, -0.25) is 0 Å². The number of methoxy groups -OCH3 is 1. The second-order valence-electron chi connectivity index (χ2n) is 1.53. The molecule has 0 atom stereocenters. The van der Waals surface area contributed by atoms with Crippen LogP contribution in [0.15, 0.2) is 23.8 Å². The van der Waals surface area contributed by atoms with Crippen molar-refractivity contribution in [1.82, 2.24) is 0 Å². The van der Waals surface area contributed by atoms with Crippen LogP contribution in [0.2, 0.25) is 0 Å². The van der Waals surface area contributed by atoms with Crippen LogP contribution < -0.4 is 0 Å². The summed E-state index contributed by atoms with van der Waals surface area (Å²) in [5.41, 5.74) is 1.28. The fourth-order valence-corrected chi connectivity index (χ4v) is 0.495. The van der Waals surface area contributed by atoms with Crippen molar-refractivity contribution >= 4 is 0 Å². The van der Waals surface area contributed by atoms with Gasteiger partial charge in [0.25, 0.3) is 0 Å². The van der Waals surface area contributed by atoms with E-state index in [2.05, 4.69) is 20.0 Å². The molecule has 0 aliphatic heterocycles. The third-order valence-corrected chi connectivity index (χ3v) is 0.932. The third-order valence-electron chi connectivity index (χ3n) is 0.932. The van der Waals surface area contributed by atoms with Crippen LogP contribution in [0.5, 0.6) is 0 Å². The number of allylic oxidation sites excluding steroid dienone is 2. The van der Waals surface area contributed by atoms with E-state index in [9.17, 15) is 0 Å². The maximum absolute atomic E-state index is 7.50. The maximum Gasteiger partial charge on any atom is 0 e. The zero-order valence-electron chi connectivity index (χ0n) is 7.43. The average Bonchev–Trinajstić information content (AvgIpc) is 2.21. The molecule has 1 aliphatic carbocycles. The summed E-state index contributed by atoms with van der Waals surface area (Å²) in [6.07, 6.45) is 6.10. The van der Waals surface area contributed by atoms with Crippen molar-refractivity contribution in [1.29, 1.82) is 0 Å². The van der Waals surface area contributed by atoms with Crippen molar-refractivity contribution in [3.63, 3.8) is 0 Å². The molecule has 0 aromatic heterocycles. The number of ether oxygens (including phenoxy) is 1. The van der Waals surface area contributed by atoms with Crippen molar-refractivity contribution < 1.29 is 35.8 Å². The van der Waals surface area contributed by atoms with Gasteiger partial charge in [-0.05, 0) is 5.57 Å². The van der Waals surface area contributed by atoms with E-state index in [-0.39, 0.29) is 17.1 Å². The van der Waals surface area contributed by atoms with E-state index in [1.54, 1.807) is 7.11 Å². The standard InChI is InChI=1S/C6H8O.3CO.Fe/c1-7-5-6-3-2-4-6;3*1-2;/h2-4H,5H2,1H3;;;;. The molecule has 0 amide bonds. The minimum atomic E-state index is 0. The van der Waals surface area contributed by atoms with Crippen LogP contribution in [-0.4, -0.2) is 13.7 Å². The molecule has 0 spiro atoms. The normalized spacial score (nSPS) is 8.36. The van der Waals surface area contributed by atoms with Crippen LogP contribution >= 0.6 is 0 Å². The third kappa shape index (κ3) is 17.3. The Hall–Kier alpha value is -0.821. The molecule has 0 radical (unpaired) electrons. The molecular weight excluding hydrogens is 228 g/mol. The minimum Gasteiger partial charge on any atom is 0 e. The van der Waals surface area contributed by atoms with Crippen molar-refractivity contribution in [2.45, 2.75) is 0 Å². The first kappa shape index (κ1) is 23.2. The predicted molar refractivity (Wildman–Crippen MR) is 40.9 cm³/mol. The van der Waals surface area contributed by atoms with Crippen LogP contribution in [0.3, 0.4) is 0 Å². The maximum atomic E-state index is 7.50. The van der Waals surface area contributed by atoms with Gasteiger partial charge in [-0.2, -0.15) is 0 Å². The molecule has 5 heteroatoms. The second kappa shape index (κ2) is 29.5. The van der Waals surface area contributed by atoms with Gasteiger partial charge in [0.05, 0.1) is 6.61 Å². The Morgan fingerprint density at radius 3 is 1.57 bits per heavy atom. The van der Waals surface area contributed by atoms with E-state index in [0.717, 1.165) is 6.61 Å². The summed E-state index contributed by atoms with van der Waals surface area (Å²) < 4.78 is 27.3. The molecule has 14 heavy (non-hydrogen) atoms. The second-order valence-corrected chi connectivity index (χ2v) is 1.53. The quantitative estimate of drug-likeness (QED) is 0.400.